The molecular formula is C45H51N3O17. The zero-order valence-corrected chi connectivity index (χ0v) is 36.1. The van der Waals surface area contributed by atoms with E-state index in [2.05, 4.69) is 16.0 Å². The molecule has 3 aromatic rings. The van der Waals surface area contributed by atoms with Crippen LogP contribution in [0.3, 0.4) is 0 Å². The highest BCUT2D eigenvalue weighted by Crippen LogP contribution is 2.52. The van der Waals surface area contributed by atoms with Gasteiger partial charge in [-0.25, -0.2) is 4.79 Å². The number of ether oxygens (including phenoxy) is 4. The number of carboxylic acid groups (broad SMARTS) is 1. The first-order valence-corrected chi connectivity index (χ1v) is 20.8. The van der Waals surface area contributed by atoms with Gasteiger partial charge in [-0.15, -0.1) is 0 Å². The molecule has 6 rings (SSSR count). The van der Waals surface area contributed by atoms with Crippen molar-refractivity contribution in [3.63, 3.8) is 0 Å². The minimum atomic E-state index is -2.40. The Morgan fingerprint density at radius 3 is 2.25 bits per heavy atom. The van der Waals surface area contributed by atoms with Crippen LogP contribution in [-0.4, -0.2) is 122 Å². The number of anilines is 1. The Bertz CT molecular complexity index is 2400. The van der Waals surface area contributed by atoms with Crippen molar-refractivity contribution in [2.45, 2.75) is 102 Å². The van der Waals surface area contributed by atoms with E-state index in [0.717, 1.165) is 0 Å². The summed E-state index contributed by atoms with van der Waals surface area (Å²) in [6, 6.07) is 7.82. The van der Waals surface area contributed by atoms with E-state index in [0.29, 0.717) is 5.56 Å². The summed E-state index contributed by atoms with van der Waals surface area (Å²) < 4.78 is 22.8. The lowest BCUT2D eigenvalue weighted by Gasteiger charge is -2.42. The van der Waals surface area contributed by atoms with Gasteiger partial charge in [0.2, 0.25) is 17.6 Å². The standard InChI is InChI=1S/C45H51N3O17/c1-19(2)20(3)42(58)47-27(13-31(51)52)43(59)46-23-11-9-22(10-12-23)18-63-44(60)48-26-14-32(64-21(4)37(26)53)65-29-16-45(61,30(50)17-49)15-25-34(29)41(57)36-35(39(25)55)38(54)24-7-6-8-28(62-5)33(24)40(36)56/h6-12,19-21,26-27,29,32,37,49,53,55,57,61H,13-18H2,1-5H3,(H,46,59)(H,47,58)(H,48,60)(H,51,52)/t20-,21-,26-,27-,29-,32-,37+,45-/m0/s1. The number of carboxylic acids is 1. The van der Waals surface area contributed by atoms with Crippen LogP contribution in [-0.2, 0) is 46.4 Å². The van der Waals surface area contributed by atoms with Crippen molar-refractivity contribution in [1.29, 1.82) is 0 Å². The summed E-state index contributed by atoms with van der Waals surface area (Å²) in [6.45, 7) is 5.38. The molecule has 20 nitrogen and oxygen atoms in total. The molecule has 65 heavy (non-hydrogen) atoms. The third-order valence-corrected chi connectivity index (χ3v) is 12.1. The van der Waals surface area contributed by atoms with Gasteiger partial charge in [-0.3, -0.25) is 28.8 Å². The van der Waals surface area contributed by atoms with Gasteiger partial charge in [-0.2, -0.15) is 0 Å². The lowest BCUT2D eigenvalue weighted by atomic mass is 9.72. The largest absolute Gasteiger partial charge is 0.507 e. The van der Waals surface area contributed by atoms with Crippen LogP contribution >= 0.6 is 0 Å². The highest BCUT2D eigenvalue weighted by atomic mass is 16.7. The smallest absolute Gasteiger partial charge is 0.407 e. The SMILES string of the molecule is COc1cccc2c1C(=O)c1c(O)c3c(c(O)c1C2=O)C[C@@](O)(C(=O)CO)C[C@@H]3O[C@H]1C[C@H](NC(=O)OCc2ccc(NC(=O)[C@H](CC(=O)O)NC(=O)[C@@H](C)C(C)C)cc2)[C@H](O)[C@H](C)O1. The first-order valence-electron chi connectivity index (χ1n) is 20.8. The number of carbonyl (C=O) groups excluding carboxylic acids is 6. The molecule has 20 heteroatoms. The van der Waals surface area contributed by atoms with Crippen molar-refractivity contribution in [2.75, 3.05) is 19.0 Å². The van der Waals surface area contributed by atoms with Crippen LogP contribution in [0.2, 0.25) is 0 Å². The van der Waals surface area contributed by atoms with Crippen LogP contribution in [0.4, 0.5) is 10.5 Å². The number of alkyl carbamates (subject to hydrolysis) is 1. The quantitative estimate of drug-likeness (QED) is 0.0772. The number of Topliss-reactive ketones (excluding diaryl/α,β-unsaturated/α-hetero) is 1. The van der Waals surface area contributed by atoms with Crippen LogP contribution in [0, 0.1) is 11.8 Å². The van der Waals surface area contributed by atoms with Gasteiger partial charge in [0, 0.05) is 47.6 Å². The lowest BCUT2D eigenvalue weighted by molar-refractivity contribution is -0.249. The number of aliphatic carboxylic acids is 1. The summed E-state index contributed by atoms with van der Waals surface area (Å²) in [6.07, 6.45) is -8.41. The molecule has 3 amide bonds. The van der Waals surface area contributed by atoms with Gasteiger partial charge in [-0.05, 0) is 36.6 Å². The number of phenolic OH excluding ortho intramolecular Hbond substituents is 2. The Labute approximate surface area is 371 Å². The Morgan fingerprint density at radius 1 is 0.938 bits per heavy atom. The number of aliphatic hydroxyl groups excluding tert-OH is 2. The zero-order chi connectivity index (χ0) is 47.7. The topological polar surface area (TPSA) is 314 Å². The van der Waals surface area contributed by atoms with Crippen LogP contribution in [0.15, 0.2) is 42.5 Å². The van der Waals surface area contributed by atoms with E-state index >= 15 is 0 Å². The molecule has 9 N–H and O–H groups in total. The number of hydrogen-bond acceptors (Lipinski definition) is 16. The van der Waals surface area contributed by atoms with Crippen molar-refractivity contribution in [1.82, 2.24) is 10.6 Å². The number of benzene rings is 3. The van der Waals surface area contributed by atoms with E-state index in [1.165, 1.54) is 56.5 Å². The van der Waals surface area contributed by atoms with E-state index in [1.807, 2.05) is 13.8 Å². The molecule has 0 radical (unpaired) electrons. The predicted molar refractivity (Wildman–Crippen MR) is 224 cm³/mol. The molecule has 1 aliphatic heterocycles. The van der Waals surface area contributed by atoms with Crippen LogP contribution in [0.25, 0.3) is 0 Å². The van der Waals surface area contributed by atoms with E-state index in [1.54, 1.807) is 6.92 Å². The van der Waals surface area contributed by atoms with Gasteiger partial charge >= 0.3 is 12.1 Å². The molecule has 348 valence electrons. The average molecular weight is 906 g/mol. The fraction of sp³-hybridized carbons (Fsp3) is 0.444. The fourth-order valence-corrected chi connectivity index (χ4v) is 8.10. The molecule has 2 aliphatic carbocycles. The molecule has 8 atom stereocenters. The lowest BCUT2D eigenvalue weighted by Crippen LogP contribution is -2.56. The van der Waals surface area contributed by atoms with E-state index in [-0.39, 0.29) is 52.6 Å². The van der Waals surface area contributed by atoms with E-state index in [9.17, 15) is 64.2 Å². The number of carbonyl (C=O) groups is 7. The number of ketones is 3. The number of nitrogens with one attached hydrogen (secondary N) is 3. The normalized spacial score (nSPS) is 23.2. The molecule has 0 unspecified atom stereocenters. The van der Waals surface area contributed by atoms with Gasteiger partial charge < -0.3 is 65.5 Å². The number of amides is 3. The van der Waals surface area contributed by atoms with Crippen LogP contribution in [0.1, 0.15) is 102 Å². The minimum absolute atomic E-state index is 0.0303. The molecule has 1 heterocycles. The third-order valence-electron chi connectivity index (χ3n) is 12.1. The molecule has 0 spiro atoms. The summed E-state index contributed by atoms with van der Waals surface area (Å²) >= 11 is 0. The van der Waals surface area contributed by atoms with Crippen molar-refractivity contribution < 1.29 is 83.1 Å². The second-order valence-corrected chi connectivity index (χ2v) is 16.7. The second-order valence-electron chi connectivity index (χ2n) is 16.7. The monoisotopic (exact) mass is 905 g/mol. The number of aromatic hydroxyl groups is 2. The maximum Gasteiger partial charge on any atom is 0.407 e. The Kier molecular flexibility index (Phi) is 14.3. The predicted octanol–water partition coefficient (Wildman–Crippen LogP) is 2.16. The van der Waals surface area contributed by atoms with E-state index in [4.69, 9.17) is 18.9 Å². The average Bonchev–Trinajstić information content (AvgIpc) is 3.26. The summed E-state index contributed by atoms with van der Waals surface area (Å²) in [4.78, 5) is 90.7. The Morgan fingerprint density at radius 2 is 1.62 bits per heavy atom. The van der Waals surface area contributed by atoms with Gasteiger partial charge in [0.1, 0.15) is 48.2 Å². The van der Waals surface area contributed by atoms with Crippen LogP contribution < -0.4 is 20.7 Å². The minimum Gasteiger partial charge on any atom is -0.507 e. The second kappa shape index (κ2) is 19.3. The van der Waals surface area contributed by atoms with Gasteiger partial charge in [0.15, 0.2) is 17.9 Å². The van der Waals surface area contributed by atoms with Gasteiger partial charge in [0.05, 0.1) is 48.5 Å². The molecule has 0 bridgehead atoms. The Balaban J connectivity index is 1.15. The maximum absolute atomic E-state index is 14.0. The summed E-state index contributed by atoms with van der Waals surface area (Å²) in [7, 11) is 1.29. The first kappa shape index (κ1) is 48.0. The number of hydrogen-bond donors (Lipinski definition) is 9. The summed E-state index contributed by atoms with van der Waals surface area (Å²) in [5.41, 5.74) is -3.61. The highest BCUT2D eigenvalue weighted by Gasteiger charge is 2.50. The number of methoxy groups -OCH3 is 1. The summed E-state index contributed by atoms with van der Waals surface area (Å²) in [5, 5.41) is 72.7. The Hall–Kier alpha value is -6.45. The van der Waals surface area contributed by atoms with E-state index < -0.39 is 138 Å². The first-order chi connectivity index (χ1) is 30.7. The van der Waals surface area contributed by atoms with Gasteiger partial charge in [0.25, 0.3) is 0 Å². The maximum atomic E-state index is 14.0. The number of rotatable bonds is 15. The number of aliphatic hydroxyl groups is 3. The van der Waals surface area contributed by atoms with Crippen molar-refractivity contribution >= 4 is 46.9 Å². The van der Waals surface area contributed by atoms with Crippen molar-refractivity contribution in [2.24, 2.45) is 11.8 Å². The zero-order valence-electron chi connectivity index (χ0n) is 36.1. The molecular weight excluding hydrogens is 854 g/mol. The van der Waals surface area contributed by atoms with Crippen molar-refractivity contribution in [3.05, 3.63) is 81.4 Å². The molecule has 3 aromatic carbocycles. The molecule has 3 aliphatic rings. The van der Waals surface area contributed by atoms with Crippen molar-refractivity contribution in [3.8, 4) is 17.2 Å². The molecule has 1 saturated heterocycles. The molecule has 0 saturated carbocycles. The summed E-state index contributed by atoms with van der Waals surface area (Å²) in [5.74, 6) is -7.32. The fourth-order valence-electron chi connectivity index (χ4n) is 8.10. The third kappa shape index (κ3) is 9.81. The molecule has 0 aromatic heterocycles. The number of fused-ring (bicyclic) bond motifs is 3. The van der Waals surface area contributed by atoms with Crippen LogP contribution in [0.5, 0.6) is 17.2 Å². The van der Waals surface area contributed by atoms with Gasteiger partial charge in [-0.1, -0.05) is 45.0 Å². The molecule has 1 fully saturated rings. The highest BCUT2D eigenvalue weighted by molar-refractivity contribution is 6.31. The number of phenols is 2.